The lowest BCUT2D eigenvalue weighted by molar-refractivity contribution is -0.133. The van der Waals surface area contributed by atoms with Gasteiger partial charge >= 0.3 is 0 Å². The molecule has 1 aliphatic heterocycles. The van der Waals surface area contributed by atoms with Crippen LogP contribution in [-0.2, 0) is 14.3 Å². The van der Waals surface area contributed by atoms with Gasteiger partial charge < -0.3 is 25.6 Å². The molecule has 2 aromatic rings. The molecule has 2 aromatic carbocycles. The Morgan fingerprint density at radius 3 is 2.23 bits per heavy atom. The number of benzene rings is 2. The Bertz CT molecular complexity index is 1090. The van der Waals surface area contributed by atoms with Crippen molar-refractivity contribution in [1.82, 2.24) is 10.6 Å². The first-order chi connectivity index (χ1) is 16.6. The highest BCUT2D eigenvalue weighted by molar-refractivity contribution is 6.00. The molecular formula is C25H28F2N2O6. The van der Waals surface area contributed by atoms with E-state index in [-0.39, 0.29) is 30.1 Å². The number of ketones is 1. The summed E-state index contributed by atoms with van der Waals surface area (Å²) in [5.74, 6) is -3.13. The van der Waals surface area contributed by atoms with Crippen LogP contribution in [0.3, 0.4) is 0 Å². The number of amides is 2. The van der Waals surface area contributed by atoms with Crippen molar-refractivity contribution in [3.05, 3.63) is 59.7 Å². The predicted octanol–water partition coefficient (Wildman–Crippen LogP) is 1.58. The van der Waals surface area contributed by atoms with Crippen LogP contribution in [0.2, 0.25) is 0 Å². The number of aliphatic hydroxyl groups excluding tert-OH is 2. The molecule has 0 radical (unpaired) electrons. The van der Waals surface area contributed by atoms with Crippen molar-refractivity contribution in [2.45, 2.75) is 38.0 Å². The number of carbonyl (C=O) groups excluding carboxylic acids is 3. The van der Waals surface area contributed by atoms with Crippen LogP contribution in [0.15, 0.2) is 42.5 Å². The van der Waals surface area contributed by atoms with Crippen LogP contribution < -0.4 is 10.6 Å². The third-order valence-corrected chi connectivity index (χ3v) is 5.73. The summed E-state index contributed by atoms with van der Waals surface area (Å²) in [6, 6.07) is 6.22. The van der Waals surface area contributed by atoms with Crippen LogP contribution in [0, 0.1) is 17.6 Å². The van der Waals surface area contributed by atoms with Crippen molar-refractivity contribution in [2.24, 2.45) is 5.92 Å². The molecule has 1 fully saturated rings. The Kier molecular flexibility index (Phi) is 8.31. The lowest BCUT2D eigenvalue weighted by Crippen LogP contribution is -2.55. The number of hydrogen-bond donors (Lipinski definition) is 4. The molecule has 3 rings (SSSR count). The number of halogens is 2. The zero-order chi connectivity index (χ0) is 25.8. The average Bonchev–Trinajstić information content (AvgIpc) is 3.63. The van der Waals surface area contributed by atoms with Crippen molar-refractivity contribution in [3.63, 3.8) is 0 Å². The Labute approximate surface area is 201 Å². The Balaban J connectivity index is 1.73. The largest absolute Gasteiger partial charge is 0.394 e. The molecule has 1 heterocycles. The fourth-order valence-corrected chi connectivity index (χ4v) is 3.64. The molecule has 1 unspecified atom stereocenters. The lowest BCUT2D eigenvalue weighted by Gasteiger charge is -2.24. The van der Waals surface area contributed by atoms with Crippen molar-refractivity contribution in [3.8, 4) is 11.1 Å². The standard InChI is InChI=1S/C25H28F2N2O6/c1-14(2)9-20(22(32)25(12-31)13-35-25)28-24(34)21(11-30)29-23(33)16-5-8-19(27)18(10-16)15-3-6-17(26)7-4-15/h3-8,10,14,20-21,30-31H,9,11-13H2,1-2H3,(H,28,34)(H,29,33)/t20-,21-,25?/m0/s1. The number of carbonyl (C=O) groups is 3. The number of Topliss-reactive ketones (excluding diaryl/α,β-unsaturated/α-hetero) is 1. The van der Waals surface area contributed by atoms with Gasteiger partial charge in [-0.05, 0) is 48.2 Å². The van der Waals surface area contributed by atoms with Gasteiger partial charge in [0.25, 0.3) is 5.91 Å². The SMILES string of the molecule is CC(C)C[C@H](NC(=O)[C@H](CO)NC(=O)c1ccc(F)c(-c2ccc(F)cc2)c1)C(=O)C1(CO)CO1. The van der Waals surface area contributed by atoms with Gasteiger partial charge in [0.05, 0.1) is 25.9 Å². The first kappa shape index (κ1) is 26.4. The molecule has 188 valence electrons. The first-order valence-electron chi connectivity index (χ1n) is 11.2. The van der Waals surface area contributed by atoms with E-state index in [4.69, 9.17) is 4.74 Å². The van der Waals surface area contributed by atoms with Crippen molar-refractivity contribution >= 4 is 17.6 Å². The topological polar surface area (TPSA) is 128 Å². The number of rotatable bonds is 11. The second-order valence-electron chi connectivity index (χ2n) is 8.91. The highest BCUT2D eigenvalue weighted by Crippen LogP contribution is 2.30. The third-order valence-electron chi connectivity index (χ3n) is 5.73. The summed E-state index contributed by atoms with van der Waals surface area (Å²) in [7, 11) is 0. The van der Waals surface area contributed by atoms with Crippen LogP contribution in [0.25, 0.3) is 11.1 Å². The molecule has 2 amide bonds. The molecular weight excluding hydrogens is 462 g/mol. The molecule has 3 atom stereocenters. The summed E-state index contributed by atoms with van der Waals surface area (Å²) in [4.78, 5) is 38.4. The van der Waals surface area contributed by atoms with Crippen LogP contribution in [-0.4, -0.2) is 65.3 Å². The second kappa shape index (κ2) is 11.0. The summed E-state index contributed by atoms with van der Waals surface area (Å²) in [5.41, 5.74) is -0.915. The number of epoxide rings is 1. The molecule has 0 spiro atoms. The van der Waals surface area contributed by atoms with E-state index in [9.17, 15) is 33.4 Å². The molecule has 0 saturated carbocycles. The summed E-state index contributed by atoms with van der Waals surface area (Å²) in [5, 5.41) is 24.1. The van der Waals surface area contributed by atoms with Crippen molar-refractivity contribution in [2.75, 3.05) is 19.8 Å². The maximum atomic E-state index is 14.3. The highest BCUT2D eigenvalue weighted by Gasteiger charge is 2.54. The van der Waals surface area contributed by atoms with E-state index in [2.05, 4.69) is 10.6 Å². The summed E-state index contributed by atoms with van der Waals surface area (Å²) < 4.78 is 32.7. The van der Waals surface area contributed by atoms with Gasteiger partial charge in [0.2, 0.25) is 5.91 Å². The average molecular weight is 491 g/mol. The smallest absolute Gasteiger partial charge is 0.252 e. The van der Waals surface area contributed by atoms with Gasteiger partial charge in [-0.15, -0.1) is 0 Å². The van der Waals surface area contributed by atoms with Gasteiger partial charge in [0, 0.05) is 11.1 Å². The molecule has 0 bridgehead atoms. The van der Waals surface area contributed by atoms with E-state index in [1.54, 1.807) is 0 Å². The third kappa shape index (κ3) is 6.27. The van der Waals surface area contributed by atoms with Crippen molar-refractivity contribution < 1.29 is 38.1 Å². The van der Waals surface area contributed by atoms with Gasteiger partial charge in [-0.25, -0.2) is 8.78 Å². The van der Waals surface area contributed by atoms with Crippen LogP contribution in [0.4, 0.5) is 8.78 Å². The minimum Gasteiger partial charge on any atom is -0.394 e. The fourth-order valence-electron chi connectivity index (χ4n) is 3.64. The Morgan fingerprint density at radius 2 is 1.69 bits per heavy atom. The minimum atomic E-state index is -1.39. The van der Waals surface area contributed by atoms with E-state index >= 15 is 0 Å². The lowest BCUT2D eigenvalue weighted by atomic mass is 9.92. The number of ether oxygens (including phenoxy) is 1. The molecule has 10 heteroatoms. The van der Waals surface area contributed by atoms with Crippen LogP contribution >= 0.6 is 0 Å². The highest BCUT2D eigenvalue weighted by atomic mass is 19.1. The van der Waals surface area contributed by atoms with Crippen molar-refractivity contribution in [1.29, 1.82) is 0 Å². The molecule has 8 nitrogen and oxygen atoms in total. The van der Waals surface area contributed by atoms with Gasteiger partial charge in [-0.1, -0.05) is 26.0 Å². The normalized spacial score (nSPS) is 18.6. The maximum Gasteiger partial charge on any atom is 0.252 e. The van der Waals surface area contributed by atoms with Crippen LogP contribution in [0.5, 0.6) is 0 Å². The van der Waals surface area contributed by atoms with E-state index in [0.717, 1.165) is 18.2 Å². The number of hydrogen-bond acceptors (Lipinski definition) is 6. The quantitative estimate of drug-likeness (QED) is 0.354. The molecule has 4 N–H and O–H groups in total. The van der Waals surface area contributed by atoms with E-state index in [1.165, 1.54) is 24.3 Å². The summed E-state index contributed by atoms with van der Waals surface area (Å²) in [6.45, 7) is 2.48. The predicted molar refractivity (Wildman–Crippen MR) is 122 cm³/mol. The molecule has 35 heavy (non-hydrogen) atoms. The fraction of sp³-hybridized carbons (Fsp3) is 0.400. The van der Waals surface area contributed by atoms with Gasteiger partial charge in [0.15, 0.2) is 11.4 Å². The van der Waals surface area contributed by atoms with Gasteiger partial charge in [-0.2, -0.15) is 0 Å². The van der Waals surface area contributed by atoms with E-state index < -0.39 is 60.1 Å². The summed E-state index contributed by atoms with van der Waals surface area (Å²) >= 11 is 0. The molecule has 1 saturated heterocycles. The minimum absolute atomic E-state index is 0.0115. The zero-order valence-electron chi connectivity index (χ0n) is 19.4. The molecule has 0 aliphatic carbocycles. The number of nitrogens with one attached hydrogen (secondary N) is 2. The Hall–Kier alpha value is -3.21. The van der Waals surface area contributed by atoms with Gasteiger partial charge in [-0.3, -0.25) is 14.4 Å². The first-order valence-corrected chi connectivity index (χ1v) is 11.2. The molecule has 1 aliphatic rings. The molecule has 0 aromatic heterocycles. The van der Waals surface area contributed by atoms with Crippen LogP contribution in [0.1, 0.15) is 30.6 Å². The monoisotopic (exact) mass is 490 g/mol. The Morgan fingerprint density at radius 1 is 1.03 bits per heavy atom. The number of aliphatic hydroxyl groups is 2. The van der Waals surface area contributed by atoms with E-state index in [1.807, 2.05) is 13.8 Å². The maximum absolute atomic E-state index is 14.3. The van der Waals surface area contributed by atoms with E-state index in [0.29, 0.717) is 5.56 Å². The zero-order valence-corrected chi connectivity index (χ0v) is 19.4. The van der Waals surface area contributed by atoms with Gasteiger partial charge in [0.1, 0.15) is 17.7 Å². The second-order valence-corrected chi connectivity index (χ2v) is 8.91. The summed E-state index contributed by atoms with van der Waals surface area (Å²) in [6.07, 6.45) is 0.265.